The van der Waals surface area contributed by atoms with Gasteiger partial charge in [0.05, 0.1) is 13.2 Å². The van der Waals surface area contributed by atoms with Gasteiger partial charge in [-0.15, -0.1) is 0 Å². The molecule has 0 spiro atoms. The zero-order valence-corrected chi connectivity index (χ0v) is 11.3. The van der Waals surface area contributed by atoms with Crippen molar-refractivity contribution >= 4 is 22.8 Å². The number of hydrogen-bond acceptors (Lipinski definition) is 7. The second-order valence-electron chi connectivity index (χ2n) is 3.82. The summed E-state index contributed by atoms with van der Waals surface area (Å²) in [6.45, 7) is 3.00. The van der Waals surface area contributed by atoms with Gasteiger partial charge in [0.1, 0.15) is 12.0 Å². The molecule has 0 radical (unpaired) electrons. The second-order valence-corrected chi connectivity index (χ2v) is 4.66. The Kier molecular flexibility index (Phi) is 4.35. The first-order valence-electron chi connectivity index (χ1n) is 5.84. The number of ether oxygens (including phenoxy) is 1. The van der Waals surface area contributed by atoms with Gasteiger partial charge in [-0.1, -0.05) is 18.3 Å². The van der Waals surface area contributed by atoms with Crippen molar-refractivity contribution in [2.45, 2.75) is 19.9 Å². The molecule has 0 bridgehead atoms. The van der Waals surface area contributed by atoms with Gasteiger partial charge in [-0.25, -0.2) is 4.98 Å². The van der Waals surface area contributed by atoms with Crippen molar-refractivity contribution in [3.8, 4) is 5.88 Å². The number of aromatic nitrogens is 3. The Labute approximate surface area is 113 Å². The number of nitrogens with one attached hydrogen (secondary N) is 2. The highest BCUT2D eigenvalue weighted by Gasteiger charge is 2.09. The summed E-state index contributed by atoms with van der Waals surface area (Å²) in [5.74, 6) is 0.867. The third-order valence-corrected chi connectivity index (χ3v) is 3.03. The molecule has 0 aliphatic rings. The Morgan fingerprint density at radius 3 is 3.05 bits per heavy atom. The van der Waals surface area contributed by atoms with Gasteiger partial charge in [0.2, 0.25) is 5.88 Å². The number of H-pyrrole nitrogens is 1. The van der Waals surface area contributed by atoms with Crippen molar-refractivity contribution in [2.24, 2.45) is 0 Å². The topological polar surface area (TPSA) is 106 Å². The number of nitrogens with two attached hydrogens (primary N) is 1. The van der Waals surface area contributed by atoms with Gasteiger partial charge in [-0.05, 0) is 6.42 Å². The molecule has 0 fully saturated rings. The summed E-state index contributed by atoms with van der Waals surface area (Å²) in [6, 6.07) is 0. The number of aromatic amines is 1. The van der Waals surface area contributed by atoms with Gasteiger partial charge in [0.25, 0.3) is 0 Å². The summed E-state index contributed by atoms with van der Waals surface area (Å²) in [4.78, 5) is 21.7. The van der Waals surface area contributed by atoms with Crippen LogP contribution in [-0.2, 0) is 6.54 Å². The minimum absolute atomic E-state index is 0.0839. The lowest BCUT2D eigenvalue weighted by Gasteiger charge is -2.10. The molecule has 2 aromatic rings. The Balaban J connectivity index is 2.05. The van der Waals surface area contributed by atoms with Gasteiger partial charge < -0.3 is 20.8 Å². The Hall–Kier alpha value is -2.09. The molecular weight excluding hydrogens is 266 g/mol. The molecule has 0 aromatic carbocycles. The highest BCUT2D eigenvalue weighted by atomic mass is 32.1. The van der Waals surface area contributed by atoms with Gasteiger partial charge in [0, 0.05) is 11.1 Å². The average molecular weight is 281 g/mol. The van der Waals surface area contributed by atoms with E-state index in [1.807, 2.05) is 6.92 Å². The summed E-state index contributed by atoms with van der Waals surface area (Å²) in [5, 5.41) is 4.79. The molecule has 19 heavy (non-hydrogen) atoms. The van der Waals surface area contributed by atoms with Crippen LogP contribution >= 0.6 is 11.3 Å². The van der Waals surface area contributed by atoms with E-state index in [0.717, 1.165) is 23.5 Å². The third-order valence-electron chi connectivity index (χ3n) is 2.31. The van der Waals surface area contributed by atoms with Crippen molar-refractivity contribution in [1.29, 1.82) is 0 Å². The zero-order chi connectivity index (χ0) is 13.7. The lowest BCUT2D eigenvalue weighted by molar-refractivity contribution is 0.306. The molecule has 0 saturated carbocycles. The summed E-state index contributed by atoms with van der Waals surface area (Å²) < 4.78 is 5.41. The molecule has 8 heteroatoms. The van der Waals surface area contributed by atoms with Crippen LogP contribution in [0.15, 0.2) is 16.5 Å². The summed E-state index contributed by atoms with van der Waals surface area (Å²) in [6.07, 6.45) is 2.27. The van der Waals surface area contributed by atoms with Crippen LogP contribution in [0.5, 0.6) is 5.88 Å². The van der Waals surface area contributed by atoms with Crippen molar-refractivity contribution in [3.05, 3.63) is 27.1 Å². The van der Waals surface area contributed by atoms with E-state index in [2.05, 4.69) is 20.3 Å². The van der Waals surface area contributed by atoms with E-state index in [1.54, 1.807) is 5.38 Å². The monoisotopic (exact) mass is 281 g/mol. The van der Waals surface area contributed by atoms with E-state index < -0.39 is 0 Å². The fourth-order valence-electron chi connectivity index (χ4n) is 1.41. The molecule has 2 rings (SSSR count). The van der Waals surface area contributed by atoms with Crippen LogP contribution in [-0.4, -0.2) is 21.6 Å². The number of nitrogens with zero attached hydrogens (tertiary/aromatic N) is 2. The fraction of sp³-hybridized carbons (Fsp3) is 0.364. The maximum atomic E-state index is 11.0. The van der Waals surface area contributed by atoms with Crippen molar-refractivity contribution in [3.63, 3.8) is 0 Å². The van der Waals surface area contributed by atoms with Crippen LogP contribution < -0.4 is 20.7 Å². The lowest BCUT2D eigenvalue weighted by Crippen LogP contribution is -2.09. The molecule has 0 aliphatic heterocycles. The van der Waals surface area contributed by atoms with E-state index in [-0.39, 0.29) is 4.87 Å². The van der Waals surface area contributed by atoms with Crippen molar-refractivity contribution in [1.82, 2.24) is 15.0 Å². The van der Waals surface area contributed by atoms with Crippen LogP contribution in [0.4, 0.5) is 11.5 Å². The van der Waals surface area contributed by atoms with Gasteiger partial charge in [-0.2, -0.15) is 4.98 Å². The van der Waals surface area contributed by atoms with Crippen molar-refractivity contribution < 1.29 is 4.74 Å². The largest absolute Gasteiger partial charge is 0.476 e. The SMILES string of the molecule is CCCOc1ncnc(NCc2csc(=O)[nH]2)c1N. The van der Waals surface area contributed by atoms with Crippen LogP contribution in [0, 0.1) is 0 Å². The first-order valence-corrected chi connectivity index (χ1v) is 6.72. The highest BCUT2D eigenvalue weighted by Crippen LogP contribution is 2.24. The van der Waals surface area contributed by atoms with Crippen LogP contribution in [0.3, 0.4) is 0 Å². The molecule has 2 aromatic heterocycles. The van der Waals surface area contributed by atoms with E-state index in [1.165, 1.54) is 6.33 Å². The summed E-state index contributed by atoms with van der Waals surface area (Å²) >= 11 is 1.12. The maximum Gasteiger partial charge on any atom is 0.304 e. The standard InChI is InChI=1S/C11H15N5O2S/c1-2-3-18-10-8(12)9(14-6-15-10)13-4-7-5-19-11(17)16-7/h5-6H,2-4,12H2,1H3,(H,16,17)(H,13,14,15). The minimum Gasteiger partial charge on any atom is -0.476 e. The van der Waals surface area contributed by atoms with E-state index in [9.17, 15) is 4.79 Å². The Morgan fingerprint density at radius 2 is 2.37 bits per heavy atom. The first kappa shape index (κ1) is 13.3. The Bertz CT molecular complexity index is 595. The van der Waals surface area contributed by atoms with E-state index >= 15 is 0 Å². The number of thiazole rings is 1. The average Bonchev–Trinajstić information content (AvgIpc) is 2.82. The fourth-order valence-corrected chi connectivity index (χ4v) is 2.00. The minimum atomic E-state index is -0.0839. The summed E-state index contributed by atoms with van der Waals surface area (Å²) in [5.41, 5.74) is 7.06. The number of nitrogen functional groups attached to an aromatic ring is 1. The smallest absolute Gasteiger partial charge is 0.304 e. The number of rotatable bonds is 6. The molecule has 0 unspecified atom stereocenters. The van der Waals surface area contributed by atoms with Crippen LogP contribution in [0.1, 0.15) is 19.0 Å². The molecule has 4 N–H and O–H groups in total. The van der Waals surface area contributed by atoms with Crippen molar-refractivity contribution in [2.75, 3.05) is 17.7 Å². The highest BCUT2D eigenvalue weighted by molar-refractivity contribution is 7.07. The number of anilines is 2. The zero-order valence-electron chi connectivity index (χ0n) is 10.5. The van der Waals surface area contributed by atoms with Crippen LogP contribution in [0.2, 0.25) is 0 Å². The predicted molar refractivity (Wildman–Crippen MR) is 74.5 cm³/mol. The van der Waals surface area contributed by atoms with E-state index in [4.69, 9.17) is 10.5 Å². The molecule has 0 atom stereocenters. The molecule has 102 valence electrons. The molecular formula is C11H15N5O2S. The molecule has 7 nitrogen and oxygen atoms in total. The number of hydrogen-bond donors (Lipinski definition) is 3. The van der Waals surface area contributed by atoms with Gasteiger partial charge >= 0.3 is 4.87 Å². The van der Waals surface area contributed by atoms with Gasteiger partial charge in [-0.3, -0.25) is 4.79 Å². The van der Waals surface area contributed by atoms with Crippen LogP contribution in [0.25, 0.3) is 0 Å². The molecule has 2 heterocycles. The Morgan fingerprint density at radius 1 is 1.53 bits per heavy atom. The molecule has 0 amide bonds. The predicted octanol–water partition coefficient (Wildman–Crippen LogP) is 1.21. The quantitative estimate of drug-likeness (QED) is 0.735. The second kappa shape index (κ2) is 6.19. The maximum absolute atomic E-state index is 11.0. The lowest BCUT2D eigenvalue weighted by atomic mass is 10.4. The van der Waals surface area contributed by atoms with Gasteiger partial charge in [0.15, 0.2) is 5.82 Å². The van der Waals surface area contributed by atoms with E-state index in [0.29, 0.717) is 30.5 Å². The molecule has 0 saturated heterocycles. The normalized spacial score (nSPS) is 10.4. The molecule has 0 aliphatic carbocycles. The summed E-state index contributed by atoms with van der Waals surface area (Å²) in [7, 11) is 0. The third kappa shape index (κ3) is 3.44. The first-order chi connectivity index (χ1) is 9.20.